The second-order valence-electron chi connectivity index (χ2n) is 6.53. The maximum atomic E-state index is 6.50. The van der Waals surface area contributed by atoms with Crippen LogP contribution >= 0.6 is 11.8 Å². The molecule has 0 radical (unpaired) electrons. The highest BCUT2D eigenvalue weighted by Crippen LogP contribution is 2.41. The Morgan fingerprint density at radius 2 is 2.05 bits per heavy atom. The van der Waals surface area contributed by atoms with Gasteiger partial charge >= 0.3 is 0 Å². The second-order valence-corrected chi connectivity index (χ2v) is 7.75. The van der Waals surface area contributed by atoms with Crippen molar-refractivity contribution in [3.05, 3.63) is 0 Å². The van der Waals surface area contributed by atoms with E-state index in [9.17, 15) is 0 Å². The van der Waals surface area contributed by atoms with Crippen molar-refractivity contribution in [2.75, 3.05) is 31.3 Å². The Hall–Kier alpha value is 0.230. The molecule has 1 spiro atoms. The monoisotopic (exact) mass is 285 g/mol. The number of nitrogens with two attached hydrogens (primary N) is 1. The van der Waals surface area contributed by atoms with E-state index in [-0.39, 0.29) is 5.60 Å². The van der Waals surface area contributed by atoms with Crippen molar-refractivity contribution in [1.29, 1.82) is 0 Å². The van der Waals surface area contributed by atoms with Crippen molar-refractivity contribution in [1.82, 2.24) is 0 Å². The molecular weight excluding hydrogens is 258 g/mol. The van der Waals surface area contributed by atoms with Gasteiger partial charge in [-0.15, -0.1) is 0 Å². The lowest BCUT2D eigenvalue weighted by atomic mass is 9.77. The van der Waals surface area contributed by atoms with Gasteiger partial charge in [-0.05, 0) is 61.9 Å². The van der Waals surface area contributed by atoms with Crippen LogP contribution in [0.3, 0.4) is 0 Å². The lowest BCUT2D eigenvalue weighted by Gasteiger charge is -2.45. The van der Waals surface area contributed by atoms with Gasteiger partial charge in [-0.25, -0.2) is 0 Å². The Kier molecular flexibility index (Phi) is 4.73. The zero-order chi connectivity index (χ0) is 13.1. The van der Waals surface area contributed by atoms with E-state index in [0.717, 1.165) is 32.7 Å². The molecule has 3 atom stereocenters. The molecule has 0 saturated carbocycles. The normalized spacial score (nSPS) is 36.5. The van der Waals surface area contributed by atoms with Crippen molar-refractivity contribution in [2.45, 2.75) is 50.2 Å². The van der Waals surface area contributed by atoms with E-state index in [1.54, 1.807) is 0 Å². The smallest absolute Gasteiger partial charge is 0.0701 e. The predicted octanol–water partition coefficient (Wildman–Crippen LogP) is 2.43. The van der Waals surface area contributed by atoms with Crippen LogP contribution in [0.1, 0.15) is 38.5 Å². The molecule has 3 aliphatic heterocycles. The highest BCUT2D eigenvalue weighted by Gasteiger charge is 2.40. The van der Waals surface area contributed by atoms with E-state index in [2.05, 4.69) is 11.8 Å². The third kappa shape index (κ3) is 3.46. The molecule has 0 bridgehead atoms. The molecule has 3 saturated heterocycles. The summed E-state index contributed by atoms with van der Waals surface area (Å²) >= 11 is 2.07. The van der Waals surface area contributed by atoms with Crippen molar-refractivity contribution in [3.63, 3.8) is 0 Å². The van der Waals surface area contributed by atoms with Crippen molar-refractivity contribution >= 4 is 11.8 Å². The van der Waals surface area contributed by atoms with Gasteiger partial charge in [0.2, 0.25) is 0 Å². The van der Waals surface area contributed by atoms with Gasteiger partial charge < -0.3 is 15.2 Å². The molecule has 0 aromatic rings. The summed E-state index contributed by atoms with van der Waals surface area (Å²) in [5, 5.41) is 0. The fourth-order valence-electron chi connectivity index (χ4n) is 3.87. The average Bonchev–Trinajstić information content (AvgIpc) is 2.92. The number of hydrogen-bond donors (Lipinski definition) is 1. The predicted molar refractivity (Wildman–Crippen MR) is 79.5 cm³/mol. The summed E-state index contributed by atoms with van der Waals surface area (Å²) in [6, 6.07) is 0.349. The highest BCUT2D eigenvalue weighted by molar-refractivity contribution is 7.99. The summed E-state index contributed by atoms with van der Waals surface area (Å²) in [5.41, 5.74) is 6.68. The minimum Gasteiger partial charge on any atom is -0.381 e. The molecule has 19 heavy (non-hydrogen) atoms. The zero-order valence-electron chi connectivity index (χ0n) is 11.8. The summed E-state index contributed by atoms with van der Waals surface area (Å²) in [7, 11) is 0. The van der Waals surface area contributed by atoms with Crippen LogP contribution in [0.5, 0.6) is 0 Å². The van der Waals surface area contributed by atoms with Gasteiger partial charge in [0.25, 0.3) is 0 Å². The Balaban J connectivity index is 1.54. The molecule has 3 fully saturated rings. The molecule has 4 heteroatoms. The third-order valence-corrected chi connectivity index (χ3v) is 6.16. The Morgan fingerprint density at radius 3 is 2.79 bits per heavy atom. The largest absolute Gasteiger partial charge is 0.381 e. The molecular formula is C15H27NO2S. The van der Waals surface area contributed by atoms with Gasteiger partial charge in [-0.3, -0.25) is 0 Å². The van der Waals surface area contributed by atoms with Crippen LogP contribution in [0, 0.1) is 11.8 Å². The van der Waals surface area contributed by atoms with Gasteiger partial charge in [-0.2, -0.15) is 11.8 Å². The van der Waals surface area contributed by atoms with Crippen LogP contribution < -0.4 is 5.73 Å². The van der Waals surface area contributed by atoms with Crippen LogP contribution in [0.15, 0.2) is 0 Å². The van der Waals surface area contributed by atoms with Gasteiger partial charge in [0.15, 0.2) is 0 Å². The first-order valence-corrected chi connectivity index (χ1v) is 8.98. The van der Waals surface area contributed by atoms with Crippen molar-refractivity contribution < 1.29 is 9.47 Å². The summed E-state index contributed by atoms with van der Waals surface area (Å²) in [6.07, 6.45) is 7.17. The van der Waals surface area contributed by atoms with Crippen molar-refractivity contribution in [3.8, 4) is 0 Å². The van der Waals surface area contributed by atoms with Gasteiger partial charge in [0, 0.05) is 25.9 Å². The SMILES string of the molecule is NC(CC1CCOC1)C1CCOC2(CCSCC2)C1. The van der Waals surface area contributed by atoms with E-state index in [1.165, 1.54) is 37.2 Å². The quantitative estimate of drug-likeness (QED) is 0.865. The molecule has 3 unspecified atom stereocenters. The topological polar surface area (TPSA) is 44.5 Å². The molecule has 2 N–H and O–H groups in total. The second kappa shape index (κ2) is 6.33. The Morgan fingerprint density at radius 1 is 1.21 bits per heavy atom. The van der Waals surface area contributed by atoms with Gasteiger partial charge in [0.05, 0.1) is 5.60 Å². The molecule has 0 amide bonds. The molecule has 0 aromatic heterocycles. The van der Waals surface area contributed by atoms with E-state index in [1.807, 2.05) is 0 Å². The molecule has 0 aliphatic carbocycles. The van der Waals surface area contributed by atoms with Gasteiger partial charge in [0.1, 0.15) is 0 Å². The third-order valence-electron chi connectivity index (χ3n) is 5.17. The van der Waals surface area contributed by atoms with Crippen LogP contribution in [0.4, 0.5) is 0 Å². The van der Waals surface area contributed by atoms with E-state index in [4.69, 9.17) is 15.2 Å². The molecule has 3 nitrogen and oxygen atoms in total. The first-order chi connectivity index (χ1) is 9.27. The summed E-state index contributed by atoms with van der Waals surface area (Å²) < 4.78 is 11.6. The highest BCUT2D eigenvalue weighted by atomic mass is 32.2. The zero-order valence-corrected chi connectivity index (χ0v) is 12.6. The number of ether oxygens (including phenoxy) is 2. The summed E-state index contributed by atoms with van der Waals surface area (Å²) in [6.45, 7) is 2.79. The van der Waals surface area contributed by atoms with Crippen LogP contribution in [-0.2, 0) is 9.47 Å². The van der Waals surface area contributed by atoms with Gasteiger partial charge in [-0.1, -0.05) is 0 Å². The maximum absolute atomic E-state index is 6.50. The maximum Gasteiger partial charge on any atom is 0.0701 e. The molecule has 3 aliphatic rings. The molecule has 110 valence electrons. The minimum atomic E-state index is 0.179. The number of thioether (sulfide) groups is 1. The van der Waals surface area contributed by atoms with E-state index < -0.39 is 0 Å². The van der Waals surface area contributed by atoms with Crippen LogP contribution in [0.25, 0.3) is 0 Å². The molecule has 3 rings (SSSR count). The number of hydrogen-bond acceptors (Lipinski definition) is 4. The van der Waals surface area contributed by atoms with E-state index in [0.29, 0.717) is 17.9 Å². The lowest BCUT2D eigenvalue weighted by Crippen LogP contribution is -2.47. The van der Waals surface area contributed by atoms with E-state index >= 15 is 0 Å². The Bertz CT molecular complexity index is 282. The van der Waals surface area contributed by atoms with Crippen molar-refractivity contribution in [2.24, 2.45) is 17.6 Å². The average molecular weight is 285 g/mol. The molecule has 3 heterocycles. The van der Waals surface area contributed by atoms with Crippen LogP contribution in [-0.4, -0.2) is 43.0 Å². The lowest BCUT2D eigenvalue weighted by molar-refractivity contribution is -0.106. The number of rotatable bonds is 3. The Labute approximate surface area is 121 Å². The minimum absolute atomic E-state index is 0.179. The fraction of sp³-hybridized carbons (Fsp3) is 1.00. The first-order valence-electron chi connectivity index (χ1n) is 7.82. The molecule has 0 aromatic carbocycles. The summed E-state index contributed by atoms with van der Waals surface area (Å²) in [4.78, 5) is 0. The van der Waals surface area contributed by atoms with Crippen LogP contribution in [0.2, 0.25) is 0 Å². The fourth-order valence-corrected chi connectivity index (χ4v) is 5.11. The summed E-state index contributed by atoms with van der Waals surface area (Å²) in [5.74, 6) is 3.89. The first kappa shape index (κ1) is 14.2. The standard InChI is InChI=1S/C15H27NO2S/c16-14(9-12-1-5-17-11-12)13-2-6-18-15(10-13)3-7-19-8-4-15/h12-14H,1-11,16H2.